The summed E-state index contributed by atoms with van der Waals surface area (Å²) in [6, 6.07) is 10.9. The maximum absolute atomic E-state index is 12.3. The number of amides is 1. The van der Waals surface area contributed by atoms with Crippen LogP contribution < -0.4 is 10.6 Å². The molecule has 0 bridgehead atoms. The number of anilines is 1. The van der Waals surface area contributed by atoms with E-state index in [1.54, 1.807) is 6.07 Å². The van der Waals surface area contributed by atoms with Crippen LogP contribution in [0.25, 0.3) is 0 Å². The molecule has 1 aliphatic carbocycles. The predicted octanol–water partition coefficient (Wildman–Crippen LogP) is 2.62. The normalized spacial score (nSPS) is 17.0. The molecule has 142 valence electrons. The van der Waals surface area contributed by atoms with Crippen LogP contribution >= 0.6 is 0 Å². The van der Waals surface area contributed by atoms with Gasteiger partial charge in [0, 0.05) is 38.3 Å². The lowest BCUT2D eigenvalue weighted by molar-refractivity contribution is 0.0946. The Balaban J connectivity index is 1.20. The van der Waals surface area contributed by atoms with E-state index in [9.17, 15) is 4.79 Å². The SMILES string of the molecule is O=C(NCCCN1CCc2ccccc2C1)c1cc(NC2CCC2)ncn1. The molecular formula is C21H27N5O. The first-order chi connectivity index (χ1) is 13.3. The van der Waals surface area contributed by atoms with Crippen LogP contribution in [0.15, 0.2) is 36.7 Å². The van der Waals surface area contributed by atoms with Gasteiger partial charge in [-0.25, -0.2) is 9.97 Å². The molecule has 2 aromatic rings. The minimum Gasteiger partial charge on any atom is -0.367 e. The van der Waals surface area contributed by atoms with E-state index in [1.165, 1.54) is 36.7 Å². The molecule has 1 aromatic heterocycles. The smallest absolute Gasteiger partial charge is 0.270 e. The Labute approximate surface area is 160 Å². The van der Waals surface area contributed by atoms with Crippen molar-refractivity contribution >= 4 is 11.7 Å². The van der Waals surface area contributed by atoms with Crippen LogP contribution in [0.3, 0.4) is 0 Å². The molecule has 1 aliphatic heterocycles. The summed E-state index contributed by atoms with van der Waals surface area (Å²) in [6.07, 6.45) is 7.12. The van der Waals surface area contributed by atoms with Crippen molar-refractivity contribution < 1.29 is 4.79 Å². The molecule has 1 aromatic carbocycles. The van der Waals surface area contributed by atoms with Gasteiger partial charge in [0.1, 0.15) is 17.8 Å². The molecule has 1 saturated carbocycles. The summed E-state index contributed by atoms with van der Waals surface area (Å²) >= 11 is 0. The zero-order chi connectivity index (χ0) is 18.5. The van der Waals surface area contributed by atoms with E-state index >= 15 is 0 Å². The summed E-state index contributed by atoms with van der Waals surface area (Å²) in [5.41, 5.74) is 3.33. The minimum atomic E-state index is -0.127. The fraction of sp³-hybridized carbons (Fsp3) is 0.476. The van der Waals surface area contributed by atoms with Gasteiger partial charge in [-0.2, -0.15) is 0 Å². The topological polar surface area (TPSA) is 70.2 Å². The third-order valence-corrected chi connectivity index (χ3v) is 5.50. The Bertz CT molecular complexity index is 790. The molecule has 6 nitrogen and oxygen atoms in total. The number of fused-ring (bicyclic) bond motifs is 1. The van der Waals surface area contributed by atoms with Crippen molar-refractivity contribution in [3.8, 4) is 0 Å². The summed E-state index contributed by atoms with van der Waals surface area (Å²) in [7, 11) is 0. The van der Waals surface area contributed by atoms with Crippen molar-refractivity contribution in [2.75, 3.05) is 25.0 Å². The largest absolute Gasteiger partial charge is 0.367 e. The zero-order valence-corrected chi connectivity index (χ0v) is 15.7. The van der Waals surface area contributed by atoms with Crippen LogP contribution in [-0.4, -0.2) is 46.5 Å². The van der Waals surface area contributed by atoms with Crippen LogP contribution in [0.1, 0.15) is 47.3 Å². The Morgan fingerprint density at radius 3 is 2.85 bits per heavy atom. The maximum atomic E-state index is 12.3. The molecule has 2 heterocycles. The highest BCUT2D eigenvalue weighted by Gasteiger charge is 2.18. The molecule has 6 heteroatoms. The van der Waals surface area contributed by atoms with E-state index in [2.05, 4.69) is 49.8 Å². The lowest BCUT2D eigenvalue weighted by atomic mass is 9.93. The van der Waals surface area contributed by atoms with Gasteiger partial charge in [-0.3, -0.25) is 9.69 Å². The Hall–Kier alpha value is -2.47. The van der Waals surface area contributed by atoms with Gasteiger partial charge in [-0.1, -0.05) is 24.3 Å². The monoisotopic (exact) mass is 365 g/mol. The second kappa shape index (κ2) is 8.48. The van der Waals surface area contributed by atoms with E-state index in [4.69, 9.17) is 0 Å². The Morgan fingerprint density at radius 1 is 1.19 bits per heavy atom. The number of hydrogen-bond donors (Lipinski definition) is 2. The lowest BCUT2D eigenvalue weighted by Gasteiger charge is -2.28. The first kappa shape index (κ1) is 17.9. The molecule has 0 spiro atoms. The Morgan fingerprint density at radius 2 is 2.04 bits per heavy atom. The van der Waals surface area contributed by atoms with Gasteiger partial charge in [0.2, 0.25) is 0 Å². The van der Waals surface area contributed by atoms with Gasteiger partial charge in [0.25, 0.3) is 5.91 Å². The summed E-state index contributed by atoms with van der Waals surface area (Å²) in [5, 5.41) is 6.34. The molecular weight excluding hydrogens is 338 g/mol. The van der Waals surface area contributed by atoms with Gasteiger partial charge < -0.3 is 10.6 Å². The molecule has 0 atom stereocenters. The predicted molar refractivity (Wildman–Crippen MR) is 106 cm³/mol. The fourth-order valence-corrected chi connectivity index (χ4v) is 3.66. The van der Waals surface area contributed by atoms with E-state index in [0.29, 0.717) is 18.3 Å². The van der Waals surface area contributed by atoms with Crippen molar-refractivity contribution in [2.45, 2.75) is 44.7 Å². The van der Waals surface area contributed by atoms with Crippen molar-refractivity contribution in [3.05, 3.63) is 53.5 Å². The number of rotatable bonds is 7. The summed E-state index contributed by atoms with van der Waals surface area (Å²) in [5.74, 6) is 0.616. The van der Waals surface area contributed by atoms with E-state index in [-0.39, 0.29) is 5.91 Å². The van der Waals surface area contributed by atoms with Gasteiger partial charge in [-0.05, 0) is 43.2 Å². The standard InChI is InChI=1S/C21H27N5O/c27-21(19-13-20(24-15-23-19)25-18-7-3-8-18)22-10-4-11-26-12-9-16-5-1-2-6-17(16)14-26/h1-2,5-6,13,15,18H,3-4,7-12,14H2,(H,22,27)(H,23,24,25). The number of hydrogen-bond acceptors (Lipinski definition) is 5. The summed E-state index contributed by atoms with van der Waals surface area (Å²) in [6.45, 7) is 3.75. The lowest BCUT2D eigenvalue weighted by Crippen LogP contribution is -2.34. The average Bonchev–Trinajstić information content (AvgIpc) is 2.68. The second-order valence-corrected chi connectivity index (χ2v) is 7.46. The minimum absolute atomic E-state index is 0.127. The van der Waals surface area contributed by atoms with E-state index in [0.717, 1.165) is 38.3 Å². The van der Waals surface area contributed by atoms with Crippen molar-refractivity contribution in [2.24, 2.45) is 0 Å². The van der Waals surface area contributed by atoms with Crippen LogP contribution in [0.4, 0.5) is 5.82 Å². The summed E-state index contributed by atoms with van der Waals surface area (Å²) in [4.78, 5) is 23.1. The zero-order valence-electron chi connectivity index (χ0n) is 15.7. The van der Waals surface area contributed by atoms with Gasteiger partial charge >= 0.3 is 0 Å². The molecule has 1 fully saturated rings. The molecule has 2 aliphatic rings. The highest BCUT2D eigenvalue weighted by molar-refractivity contribution is 5.92. The molecule has 27 heavy (non-hydrogen) atoms. The molecule has 0 saturated heterocycles. The fourth-order valence-electron chi connectivity index (χ4n) is 3.66. The van der Waals surface area contributed by atoms with Crippen LogP contribution in [-0.2, 0) is 13.0 Å². The van der Waals surface area contributed by atoms with Crippen LogP contribution in [0.2, 0.25) is 0 Å². The van der Waals surface area contributed by atoms with Crippen molar-refractivity contribution in [1.82, 2.24) is 20.2 Å². The molecule has 4 rings (SSSR count). The molecule has 0 unspecified atom stereocenters. The van der Waals surface area contributed by atoms with E-state index < -0.39 is 0 Å². The first-order valence-corrected chi connectivity index (χ1v) is 9.94. The van der Waals surface area contributed by atoms with Gasteiger partial charge in [0.15, 0.2) is 0 Å². The van der Waals surface area contributed by atoms with E-state index in [1.807, 2.05) is 0 Å². The molecule has 0 radical (unpaired) electrons. The third kappa shape index (κ3) is 4.63. The van der Waals surface area contributed by atoms with Crippen LogP contribution in [0, 0.1) is 0 Å². The quantitative estimate of drug-likeness (QED) is 0.738. The molecule has 2 N–H and O–H groups in total. The average molecular weight is 365 g/mol. The van der Waals surface area contributed by atoms with Crippen molar-refractivity contribution in [1.29, 1.82) is 0 Å². The third-order valence-electron chi connectivity index (χ3n) is 5.50. The number of nitrogens with zero attached hydrogens (tertiary/aromatic N) is 3. The summed E-state index contributed by atoms with van der Waals surface area (Å²) < 4.78 is 0. The number of benzene rings is 1. The first-order valence-electron chi connectivity index (χ1n) is 9.94. The highest BCUT2D eigenvalue weighted by Crippen LogP contribution is 2.22. The number of carbonyl (C=O) groups excluding carboxylic acids is 1. The second-order valence-electron chi connectivity index (χ2n) is 7.46. The van der Waals surface area contributed by atoms with Crippen LogP contribution in [0.5, 0.6) is 0 Å². The molecule has 1 amide bonds. The number of nitrogens with one attached hydrogen (secondary N) is 2. The maximum Gasteiger partial charge on any atom is 0.270 e. The highest BCUT2D eigenvalue weighted by atomic mass is 16.1. The number of carbonyl (C=O) groups is 1. The van der Waals surface area contributed by atoms with Crippen molar-refractivity contribution in [3.63, 3.8) is 0 Å². The van der Waals surface area contributed by atoms with Gasteiger partial charge in [-0.15, -0.1) is 0 Å². The Kier molecular flexibility index (Phi) is 5.63. The van der Waals surface area contributed by atoms with Gasteiger partial charge in [0.05, 0.1) is 0 Å². The number of aromatic nitrogens is 2.